The van der Waals surface area contributed by atoms with Gasteiger partial charge in [-0.15, -0.1) is 0 Å². The maximum Gasteiger partial charge on any atom is 0.352 e. The van der Waals surface area contributed by atoms with Gasteiger partial charge in [0.25, 0.3) is 0 Å². The molecule has 0 unspecified atom stereocenters. The quantitative estimate of drug-likeness (QED) is 0.767. The number of aryl methyl sites for hydroxylation is 2. The number of carbonyl (C=O) groups is 1. The highest BCUT2D eigenvalue weighted by Crippen LogP contribution is 2.15. The number of nitrogens with zero attached hydrogens (tertiary/aromatic N) is 2. The van der Waals surface area contributed by atoms with Gasteiger partial charge in [0, 0.05) is 18.7 Å². The molecule has 0 fully saturated rings. The molecule has 4 heteroatoms. The summed E-state index contributed by atoms with van der Waals surface area (Å²) in [5.41, 5.74) is 2.05. The topological polar surface area (TPSA) is 66.0 Å². The Labute approximate surface area is 88.8 Å². The highest BCUT2D eigenvalue weighted by atomic mass is 16.4. The summed E-state index contributed by atoms with van der Waals surface area (Å²) >= 11 is 0. The molecule has 1 heterocycles. The van der Waals surface area contributed by atoms with Gasteiger partial charge in [-0.3, -0.25) is 0 Å². The number of rotatable bonds is 4. The number of aromatic carboxylic acids is 1. The van der Waals surface area contributed by atoms with E-state index < -0.39 is 5.97 Å². The minimum absolute atomic E-state index is 0.338. The van der Waals surface area contributed by atoms with Crippen LogP contribution in [0.15, 0.2) is 6.07 Å². The average molecular weight is 206 g/mol. The molecule has 1 rings (SSSR count). The molecule has 1 N–H and O–H groups in total. The van der Waals surface area contributed by atoms with Gasteiger partial charge in [0.15, 0.2) is 0 Å². The van der Waals surface area contributed by atoms with Crippen molar-refractivity contribution >= 4 is 5.97 Å². The van der Waals surface area contributed by atoms with Crippen molar-refractivity contribution < 1.29 is 9.90 Å². The van der Waals surface area contributed by atoms with Crippen molar-refractivity contribution in [3.63, 3.8) is 0 Å². The predicted octanol–water partition coefficient (Wildman–Crippen LogP) is 2.11. The molecule has 0 aliphatic rings. The third-order valence-corrected chi connectivity index (χ3v) is 2.37. The first-order chi connectivity index (χ1) is 7.07. The lowest BCUT2D eigenvalue weighted by Gasteiger charge is -2.07. The van der Waals surface area contributed by atoms with Crippen LogP contribution in [0.25, 0.3) is 0 Å². The Morgan fingerprint density at radius 2 is 2.27 bits per heavy atom. The van der Waals surface area contributed by atoms with Crippen molar-refractivity contribution in [2.45, 2.75) is 33.2 Å². The number of hydrogen-bond donors (Lipinski definition) is 1. The SMILES string of the molecule is Cc1cc(C)n(CCCC#N)c1C(=O)O. The van der Waals surface area contributed by atoms with E-state index in [1.165, 1.54) is 0 Å². The molecule has 15 heavy (non-hydrogen) atoms. The van der Waals surface area contributed by atoms with Gasteiger partial charge in [-0.2, -0.15) is 5.26 Å². The maximum atomic E-state index is 11.0. The van der Waals surface area contributed by atoms with Crippen LogP contribution in [-0.4, -0.2) is 15.6 Å². The van der Waals surface area contributed by atoms with Crippen molar-refractivity contribution in [2.75, 3.05) is 0 Å². The zero-order valence-corrected chi connectivity index (χ0v) is 8.95. The third-order valence-electron chi connectivity index (χ3n) is 2.37. The van der Waals surface area contributed by atoms with E-state index in [-0.39, 0.29) is 0 Å². The van der Waals surface area contributed by atoms with Gasteiger partial charge in [0.1, 0.15) is 5.69 Å². The van der Waals surface area contributed by atoms with Crippen LogP contribution in [0.4, 0.5) is 0 Å². The smallest absolute Gasteiger partial charge is 0.352 e. The minimum Gasteiger partial charge on any atom is -0.477 e. The number of unbranched alkanes of at least 4 members (excludes halogenated alkanes) is 1. The molecule has 0 saturated carbocycles. The second-order valence-electron chi connectivity index (χ2n) is 3.54. The van der Waals surface area contributed by atoms with Crippen LogP contribution in [0, 0.1) is 25.2 Å². The molecule has 4 nitrogen and oxygen atoms in total. The lowest BCUT2D eigenvalue weighted by Crippen LogP contribution is -2.11. The third kappa shape index (κ3) is 2.38. The molecular weight excluding hydrogens is 192 g/mol. The molecule has 0 aliphatic heterocycles. The Hall–Kier alpha value is -1.76. The average Bonchev–Trinajstić information content (AvgIpc) is 2.42. The molecule has 0 aromatic carbocycles. The van der Waals surface area contributed by atoms with E-state index >= 15 is 0 Å². The molecule has 1 aromatic heterocycles. The fourth-order valence-corrected chi connectivity index (χ4v) is 1.74. The largest absolute Gasteiger partial charge is 0.477 e. The molecule has 0 saturated heterocycles. The summed E-state index contributed by atoms with van der Waals surface area (Å²) in [7, 11) is 0. The van der Waals surface area contributed by atoms with Gasteiger partial charge in [0.2, 0.25) is 0 Å². The van der Waals surface area contributed by atoms with E-state index in [4.69, 9.17) is 10.4 Å². The Balaban J connectivity index is 2.95. The highest BCUT2D eigenvalue weighted by molar-refractivity contribution is 5.87. The lowest BCUT2D eigenvalue weighted by atomic mass is 10.2. The van der Waals surface area contributed by atoms with Crippen LogP contribution in [0.2, 0.25) is 0 Å². The zero-order chi connectivity index (χ0) is 11.4. The summed E-state index contributed by atoms with van der Waals surface area (Å²) < 4.78 is 1.76. The van der Waals surface area contributed by atoms with E-state index in [0.717, 1.165) is 11.3 Å². The van der Waals surface area contributed by atoms with Crippen LogP contribution in [0.5, 0.6) is 0 Å². The van der Waals surface area contributed by atoms with Gasteiger partial charge in [-0.1, -0.05) is 0 Å². The number of hydrogen-bond acceptors (Lipinski definition) is 2. The van der Waals surface area contributed by atoms with Crippen LogP contribution < -0.4 is 0 Å². The number of carboxylic acids is 1. The molecular formula is C11H14N2O2. The number of aromatic nitrogens is 1. The van der Waals surface area contributed by atoms with Gasteiger partial charge < -0.3 is 9.67 Å². The Morgan fingerprint density at radius 3 is 2.80 bits per heavy atom. The fraction of sp³-hybridized carbons (Fsp3) is 0.455. The summed E-state index contributed by atoms with van der Waals surface area (Å²) in [6.45, 7) is 4.26. The highest BCUT2D eigenvalue weighted by Gasteiger charge is 2.15. The molecule has 0 aliphatic carbocycles. The van der Waals surface area contributed by atoms with E-state index in [9.17, 15) is 4.79 Å². The summed E-state index contributed by atoms with van der Waals surface area (Å²) in [4.78, 5) is 11.0. The normalized spacial score (nSPS) is 9.93. The first-order valence-corrected chi connectivity index (χ1v) is 4.85. The molecule has 0 radical (unpaired) electrons. The van der Waals surface area contributed by atoms with Crippen LogP contribution in [-0.2, 0) is 6.54 Å². The predicted molar refractivity (Wildman–Crippen MR) is 55.7 cm³/mol. The second kappa shape index (κ2) is 4.65. The van der Waals surface area contributed by atoms with E-state index in [2.05, 4.69) is 6.07 Å². The molecule has 80 valence electrons. The minimum atomic E-state index is -0.905. The summed E-state index contributed by atoms with van der Waals surface area (Å²) in [6, 6.07) is 3.91. The van der Waals surface area contributed by atoms with Crippen LogP contribution in [0.1, 0.15) is 34.6 Å². The first-order valence-electron chi connectivity index (χ1n) is 4.85. The summed E-state index contributed by atoms with van der Waals surface area (Å²) in [5, 5.41) is 17.5. The van der Waals surface area contributed by atoms with Gasteiger partial charge in [0.05, 0.1) is 6.07 Å². The van der Waals surface area contributed by atoms with E-state index in [1.807, 2.05) is 13.0 Å². The monoisotopic (exact) mass is 206 g/mol. The van der Waals surface area contributed by atoms with Gasteiger partial charge >= 0.3 is 5.97 Å². The molecule has 0 amide bonds. The van der Waals surface area contributed by atoms with Crippen LogP contribution >= 0.6 is 0 Å². The lowest BCUT2D eigenvalue weighted by molar-refractivity contribution is 0.0683. The van der Waals surface area contributed by atoms with Crippen molar-refractivity contribution in [3.8, 4) is 6.07 Å². The van der Waals surface area contributed by atoms with Crippen molar-refractivity contribution in [2.24, 2.45) is 0 Å². The van der Waals surface area contributed by atoms with Crippen LogP contribution in [0.3, 0.4) is 0 Å². The zero-order valence-electron chi connectivity index (χ0n) is 8.95. The first kappa shape index (κ1) is 11.3. The second-order valence-corrected chi connectivity index (χ2v) is 3.54. The van der Waals surface area contributed by atoms with E-state index in [1.54, 1.807) is 11.5 Å². The molecule has 0 atom stereocenters. The molecule has 1 aromatic rings. The van der Waals surface area contributed by atoms with Crippen molar-refractivity contribution in [3.05, 3.63) is 23.0 Å². The standard InChI is InChI=1S/C11H14N2O2/c1-8-7-9(2)13(6-4-3-5-12)10(8)11(14)15/h7H,3-4,6H2,1-2H3,(H,14,15). The Bertz CT molecular complexity index is 413. The Morgan fingerprint density at radius 1 is 1.60 bits per heavy atom. The van der Waals surface area contributed by atoms with Crippen molar-refractivity contribution in [1.29, 1.82) is 5.26 Å². The molecule has 0 bridgehead atoms. The van der Waals surface area contributed by atoms with Gasteiger partial charge in [-0.05, 0) is 31.9 Å². The summed E-state index contributed by atoms with van der Waals surface area (Å²) in [6.07, 6.45) is 1.14. The maximum absolute atomic E-state index is 11.0. The number of nitriles is 1. The Kier molecular flexibility index (Phi) is 3.51. The van der Waals surface area contributed by atoms with Gasteiger partial charge in [-0.25, -0.2) is 4.79 Å². The molecule has 0 spiro atoms. The van der Waals surface area contributed by atoms with E-state index in [0.29, 0.717) is 25.1 Å². The summed E-state index contributed by atoms with van der Waals surface area (Å²) in [5.74, 6) is -0.905. The van der Waals surface area contributed by atoms with Crippen molar-refractivity contribution in [1.82, 2.24) is 4.57 Å². The fourth-order valence-electron chi connectivity index (χ4n) is 1.74. The number of carboxylic acid groups (broad SMARTS) is 1.